The molecule has 158 valence electrons. The number of ether oxygens (including phenoxy) is 1. The quantitative estimate of drug-likeness (QED) is 0.657. The number of esters is 1. The Kier molecular flexibility index (Phi) is 4.81. The van der Waals surface area contributed by atoms with Gasteiger partial charge in [-0.15, -0.1) is 10.2 Å². The summed E-state index contributed by atoms with van der Waals surface area (Å²) in [7, 11) is 0. The van der Waals surface area contributed by atoms with E-state index < -0.39 is 11.6 Å². The number of hydrogen-bond donors (Lipinski definition) is 1. The first-order valence-corrected chi connectivity index (χ1v) is 10.7. The van der Waals surface area contributed by atoms with Gasteiger partial charge in [-0.1, -0.05) is 24.6 Å². The summed E-state index contributed by atoms with van der Waals surface area (Å²) in [6, 6.07) is 14.8. The maximum atomic E-state index is 13.0. The predicted octanol–water partition coefficient (Wildman–Crippen LogP) is 3.78. The minimum absolute atomic E-state index is 0.338. The molecule has 0 unspecified atom stereocenters. The number of nitrogens with zero attached hydrogens (tertiary/aromatic N) is 3. The number of aryl methyl sites for hydroxylation is 1. The largest absolute Gasteiger partial charge is 0.445 e. The molecule has 5 rings (SSSR count). The fourth-order valence-corrected chi connectivity index (χ4v) is 4.32. The number of cyclic esters (lactones) is 1. The Morgan fingerprint density at radius 2 is 1.87 bits per heavy atom. The standard InChI is InChI=1S/C24H24N4O3/c1-24(15-17-7-4-5-8-19(17)22(29)31-24)23(30)25-18-12-10-16(11-13-18)21-27-26-20-9-3-2-6-14-28(20)21/h4-5,7-8,10-13H,2-3,6,9,14-15H2,1H3,(H,25,30)/t24-/m0/s1. The van der Waals surface area contributed by atoms with Gasteiger partial charge in [-0.25, -0.2) is 4.79 Å². The molecule has 0 bridgehead atoms. The van der Waals surface area contributed by atoms with E-state index in [2.05, 4.69) is 20.1 Å². The van der Waals surface area contributed by atoms with Crippen molar-refractivity contribution in [3.63, 3.8) is 0 Å². The third-order valence-corrected chi connectivity index (χ3v) is 6.07. The number of anilines is 1. The highest BCUT2D eigenvalue weighted by molar-refractivity contribution is 6.02. The van der Waals surface area contributed by atoms with E-state index in [1.165, 1.54) is 6.42 Å². The molecule has 1 aromatic heterocycles. The average molecular weight is 416 g/mol. The zero-order valence-corrected chi connectivity index (χ0v) is 17.4. The van der Waals surface area contributed by atoms with Crippen LogP contribution in [0, 0.1) is 0 Å². The van der Waals surface area contributed by atoms with Gasteiger partial charge in [0.15, 0.2) is 11.4 Å². The Balaban J connectivity index is 1.33. The summed E-state index contributed by atoms with van der Waals surface area (Å²) in [6.45, 7) is 2.58. The van der Waals surface area contributed by atoms with Gasteiger partial charge < -0.3 is 14.6 Å². The topological polar surface area (TPSA) is 86.1 Å². The summed E-state index contributed by atoms with van der Waals surface area (Å²) in [5.41, 5.74) is 1.68. The monoisotopic (exact) mass is 416 g/mol. The molecule has 1 atom stereocenters. The summed E-state index contributed by atoms with van der Waals surface area (Å²) in [6.07, 6.45) is 4.79. The van der Waals surface area contributed by atoms with Crippen LogP contribution in [0.15, 0.2) is 48.5 Å². The van der Waals surface area contributed by atoms with E-state index in [9.17, 15) is 9.59 Å². The average Bonchev–Trinajstić information content (AvgIpc) is 3.02. The maximum absolute atomic E-state index is 13.0. The second-order valence-corrected chi connectivity index (χ2v) is 8.39. The number of hydrogen-bond acceptors (Lipinski definition) is 5. The van der Waals surface area contributed by atoms with E-state index >= 15 is 0 Å². The predicted molar refractivity (Wildman–Crippen MR) is 116 cm³/mol. The molecule has 7 nitrogen and oxygen atoms in total. The highest BCUT2D eigenvalue weighted by atomic mass is 16.6. The molecule has 1 N–H and O–H groups in total. The summed E-state index contributed by atoms with van der Waals surface area (Å²) >= 11 is 0. The first-order valence-electron chi connectivity index (χ1n) is 10.7. The Labute approximate surface area is 180 Å². The Hall–Kier alpha value is -3.48. The number of carbonyl (C=O) groups excluding carboxylic acids is 2. The minimum Gasteiger partial charge on any atom is -0.445 e. The molecular formula is C24H24N4O3. The number of fused-ring (bicyclic) bond motifs is 2. The number of rotatable bonds is 3. The highest BCUT2D eigenvalue weighted by Gasteiger charge is 2.42. The van der Waals surface area contributed by atoms with Crippen LogP contribution in [0.2, 0.25) is 0 Å². The molecule has 2 aromatic carbocycles. The molecule has 2 aliphatic heterocycles. The van der Waals surface area contributed by atoms with Gasteiger partial charge in [0, 0.05) is 30.6 Å². The molecule has 3 aromatic rings. The SMILES string of the molecule is C[C@@]1(C(=O)Nc2ccc(-c3nnc4n3CCCCC4)cc2)Cc2ccccc2C(=O)O1. The van der Waals surface area contributed by atoms with Crippen molar-refractivity contribution >= 4 is 17.6 Å². The smallest absolute Gasteiger partial charge is 0.339 e. The molecular weight excluding hydrogens is 392 g/mol. The van der Waals surface area contributed by atoms with Crippen molar-refractivity contribution in [1.29, 1.82) is 0 Å². The van der Waals surface area contributed by atoms with E-state index in [1.54, 1.807) is 19.1 Å². The second-order valence-electron chi connectivity index (χ2n) is 8.39. The maximum Gasteiger partial charge on any atom is 0.339 e. The molecule has 2 aliphatic rings. The third-order valence-electron chi connectivity index (χ3n) is 6.07. The molecule has 0 radical (unpaired) electrons. The molecule has 7 heteroatoms. The lowest BCUT2D eigenvalue weighted by Gasteiger charge is -2.33. The van der Waals surface area contributed by atoms with E-state index in [4.69, 9.17) is 4.74 Å². The van der Waals surface area contributed by atoms with Crippen LogP contribution in [0.5, 0.6) is 0 Å². The van der Waals surface area contributed by atoms with Gasteiger partial charge in [0.25, 0.3) is 5.91 Å². The van der Waals surface area contributed by atoms with Gasteiger partial charge in [-0.3, -0.25) is 4.79 Å². The number of benzene rings is 2. The van der Waals surface area contributed by atoms with Crippen LogP contribution in [0.25, 0.3) is 11.4 Å². The lowest BCUT2D eigenvalue weighted by molar-refractivity contribution is -0.134. The molecule has 0 saturated heterocycles. The van der Waals surface area contributed by atoms with Crippen molar-refractivity contribution in [2.24, 2.45) is 0 Å². The van der Waals surface area contributed by atoms with E-state index in [0.717, 1.165) is 48.6 Å². The number of carbonyl (C=O) groups is 2. The number of aromatic nitrogens is 3. The number of nitrogens with one attached hydrogen (secondary N) is 1. The Morgan fingerprint density at radius 3 is 2.71 bits per heavy atom. The van der Waals surface area contributed by atoms with E-state index in [1.807, 2.05) is 36.4 Å². The van der Waals surface area contributed by atoms with Crippen LogP contribution in [-0.2, 0) is 28.9 Å². The molecule has 0 fully saturated rings. The summed E-state index contributed by atoms with van der Waals surface area (Å²) in [5, 5.41) is 11.6. The molecule has 3 heterocycles. The molecule has 31 heavy (non-hydrogen) atoms. The molecule has 1 amide bonds. The van der Waals surface area contributed by atoms with Crippen molar-refractivity contribution in [3.05, 3.63) is 65.5 Å². The van der Waals surface area contributed by atoms with Crippen molar-refractivity contribution in [2.75, 3.05) is 5.32 Å². The van der Waals surface area contributed by atoms with Gasteiger partial charge in [0.05, 0.1) is 5.56 Å². The van der Waals surface area contributed by atoms with Crippen LogP contribution in [0.4, 0.5) is 5.69 Å². The van der Waals surface area contributed by atoms with Crippen molar-refractivity contribution in [3.8, 4) is 11.4 Å². The van der Waals surface area contributed by atoms with Gasteiger partial charge >= 0.3 is 5.97 Å². The van der Waals surface area contributed by atoms with Crippen LogP contribution >= 0.6 is 0 Å². The zero-order valence-electron chi connectivity index (χ0n) is 17.4. The highest BCUT2D eigenvalue weighted by Crippen LogP contribution is 2.30. The van der Waals surface area contributed by atoms with Crippen molar-refractivity contribution < 1.29 is 14.3 Å². The van der Waals surface area contributed by atoms with E-state index in [-0.39, 0.29) is 5.91 Å². The van der Waals surface area contributed by atoms with Crippen molar-refractivity contribution in [2.45, 2.75) is 51.2 Å². The third kappa shape index (κ3) is 3.60. The fourth-order valence-electron chi connectivity index (χ4n) is 4.32. The van der Waals surface area contributed by atoms with Gasteiger partial charge in [-0.05, 0) is 55.7 Å². The lowest BCUT2D eigenvalue weighted by Crippen LogP contribution is -2.48. The van der Waals surface area contributed by atoms with E-state index in [0.29, 0.717) is 17.7 Å². The van der Waals surface area contributed by atoms with Gasteiger partial charge in [0.1, 0.15) is 5.82 Å². The summed E-state index contributed by atoms with van der Waals surface area (Å²) < 4.78 is 7.71. The lowest BCUT2D eigenvalue weighted by atomic mass is 9.89. The van der Waals surface area contributed by atoms with Gasteiger partial charge in [0.2, 0.25) is 0 Å². The first kappa shape index (κ1) is 19.5. The molecule has 0 spiro atoms. The van der Waals surface area contributed by atoms with Crippen molar-refractivity contribution in [1.82, 2.24) is 14.8 Å². The summed E-state index contributed by atoms with van der Waals surface area (Å²) in [4.78, 5) is 25.3. The minimum atomic E-state index is -1.26. The number of amides is 1. The second kappa shape index (κ2) is 7.65. The Bertz CT molecular complexity index is 1150. The first-order chi connectivity index (χ1) is 15.0. The van der Waals surface area contributed by atoms with Crippen LogP contribution in [0.3, 0.4) is 0 Å². The Morgan fingerprint density at radius 1 is 1.06 bits per heavy atom. The van der Waals surface area contributed by atoms with Crippen LogP contribution in [0.1, 0.15) is 47.9 Å². The summed E-state index contributed by atoms with van der Waals surface area (Å²) in [5.74, 6) is 1.08. The van der Waals surface area contributed by atoms with Crippen LogP contribution in [-0.4, -0.2) is 32.2 Å². The van der Waals surface area contributed by atoms with Crippen LogP contribution < -0.4 is 5.32 Å². The molecule has 0 saturated carbocycles. The molecule has 0 aliphatic carbocycles. The zero-order chi connectivity index (χ0) is 21.4. The fraction of sp³-hybridized carbons (Fsp3) is 0.333. The normalized spacial score (nSPS) is 20.2. The van der Waals surface area contributed by atoms with Gasteiger partial charge in [-0.2, -0.15) is 0 Å².